The molecular formula is C27H35BrN4O3. The fourth-order valence-electron chi connectivity index (χ4n) is 4.67. The van der Waals surface area contributed by atoms with Crippen LogP contribution in [0.15, 0.2) is 24.3 Å². The number of nitrogens with zero attached hydrogens (tertiary/aromatic N) is 3. The summed E-state index contributed by atoms with van der Waals surface area (Å²) >= 11 is 0. The number of phenolic OH excluding ortho intramolecular Hbond substituents is 1. The molecule has 3 heterocycles. The number of amidine groups is 1. The molecule has 1 saturated heterocycles. The topological polar surface area (TPSA) is 97.6 Å². The lowest BCUT2D eigenvalue weighted by Crippen LogP contribution is -2.35. The van der Waals surface area contributed by atoms with Gasteiger partial charge in [0.1, 0.15) is 17.3 Å². The molecule has 1 fully saturated rings. The summed E-state index contributed by atoms with van der Waals surface area (Å²) in [5.74, 6) is 0.388. The minimum Gasteiger partial charge on any atom is -0.507 e. The van der Waals surface area contributed by atoms with E-state index in [-0.39, 0.29) is 52.2 Å². The van der Waals surface area contributed by atoms with E-state index in [0.717, 1.165) is 30.5 Å². The number of aryl methyl sites for hydroxylation is 1. The van der Waals surface area contributed by atoms with E-state index >= 15 is 0 Å². The van der Waals surface area contributed by atoms with E-state index in [1.54, 1.807) is 21.9 Å². The lowest BCUT2D eigenvalue weighted by atomic mass is 9.83. The van der Waals surface area contributed by atoms with Crippen LogP contribution in [-0.2, 0) is 29.7 Å². The number of hydrogen-bond donors (Lipinski definition) is 2. The Labute approximate surface area is 217 Å². The van der Waals surface area contributed by atoms with Crippen LogP contribution < -0.4 is 0 Å². The van der Waals surface area contributed by atoms with Crippen molar-refractivity contribution in [1.29, 1.82) is 5.41 Å². The van der Waals surface area contributed by atoms with Crippen LogP contribution in [0.4, 0.5) is 0 Å². The van der Waals surface area contributed by atoms with Crippen LogP contribution in [0, 0.1) is 5.41 Å². The molecule has 1 aromatic carbocycles. The zero-order valence-electron chi connectivity index (χ0n) is 21.0. The molecule has 0 radical (unpaired) electrons. The maximum Gasteiger partial charge on any atom is 0.222 e. The van der Waals surface area contributed by atoms with E-state index in [4.69, 9.17) is 5.41 Å². The highest BCUT2D eigenvalue weighted by Gasteiger charge is 2.30. The minimum absolute atomic E-state index is 0. The van der Waals surface area contributed by atoms with Crippen LogP contribution in [0.3, 0.4) is 0 Å². The van der Waals surface area contributed by atoms with Crippen LogP contribution in [-0.4, -0.2) is 50.5 Å². The number of hydrogen-bond acceptors (Lipinski definition) is 5. The highest BCUT2D eigenvalue weighted by atomic mass is 79.9. The molecule has 4 rings (SSSR count). The molecule has 1 aromatic heterocycles. The number of nitrogens with one attached hydrogen (secondary N) is 1. The number of aromatic hydroxyl groups is 1. The Morgan fingerprint density at radius 2 is 1.91 bits per heavy atom. The highest BCUT2D eigenvalue weighted by molar-refractivity contribution is 8.93. The van der Waals surface area contributed by atoms with Crippen molar-refractivity contribution in [1.82, 2.24) is 14.8 Å². The van der Waals surface area contributed by atoms with Crippen molar-refractivity contribution >= 4 is 34.5 Å². The smallest absolute Gasteiger partial charge is 0.222 e. The first-order valence-corrected chi connectivity index (χ1v) is 12.1. The van der Waals surface area contributed by atoms with Crippen LogP contribution in [0.1, 0.15) is 85.4 Å². The number of aromatic nitrogens is 1. The Hall–Kier alpha value is -2.74. The summed E-state index contributed by atoms with van der Waals surface area (Å²) in [7, 11) is 0. The third-order valence-corrected chi connectivity index (χ3v) is 6.74. The SMILES string of the molecule is Br.CCc1ccc2c(n1)C(=N)N(CC(=O)c1cc(CN3CCCCC3=O)c(O)c(C(C)(C)C)c1)C2. The van der Waals surface area contributed by atoms with Crippen LogP contribution in [0.2, 0.25) is 0 Å². The number of benzene rings is 1. The van der Waals surface area contributed by atoms with E-state index in [1.807, 2.05) is 39.8 Å². The molecule has 2 aromatic rings. The molecule has 0 unspecified atom stereocenters. The third kappa shape index (κ3) is 5.58. The van der Waals surface area contributed by atoms with Gasteiger partial charge in [-0.1, -0.05) is 33.8 Å². The van der Waals surface area contributed by atoms with Gasteiger partial charge in [-0.2, -0.15) is 0 Å². The average Bonchev–Trinajstić information content (AvgIpc) is 3.10. The minimum atomic E-state index is -0.377. The number of ketones is 1. The Morgan fingerprint density at radius 3 is 2.57 bits per heavy atom. The molecule has 1 amide bonds. The van der Waals surface area contributed by atoms with E-state index in [0.29, 0.717) is 48.4 Å². The van der Waals surface area contributed by atoms with E-state index in [2.05, 4.69) is 4.98 Å². The Kier molecular flexibility index (Phi) is 8.04. The second-order valence-electron chi connectivity index (χ2n) is 10.3. The first kappa shape index (κ1) is 26.9. The molecule has 2 aliphatic heterocycles. The quantitative estimate of drug-likeness (QED) is 0.512. The van der Waals surface area contributed by atoms with Gasteiger partial charge in [0.15, 0.2) is 5.78 Å². The molecule has 0 aliphatic carbocycles. The number of fused-ring (bicyclic) bond motifs is 1. The van der Waals surface area contributed by atoms with Crippen LogP contribution in [0.25, 0.3) is 0 Å². The largest absolute Gasteiger partial charge is 0.507 e. The number of pyridine rings is 1. The standard InChI is InChI=1S/C27H34N4O3.BrH/c1-5-20-10-9-17-14-31(26(28)24(17)29-20)16-22(32)18-12-19(15-30-11-7-6-8-23(30)33)25(34)21(13-18)27(2,3)4;/h9-10,12-13,28,34H,5-8,11,14-16H2,1-4H3;1H. The van der Waals surface area contributed by atoms with Gasteiger partial charge < -0.3 is 14.9 Å². The number of carbonyl (C=O) groups excluding carboxylic acids is 2. The molecule has 188 valence electrons. The van der Waals surface area contributed by atoms with Gasteiger partial charge in [-0.15, -0.1) is 17.0 Å². The summed E-state index contributed by atoms with van der Waals surface area (Å²) < 4.78 is 0. The van der Waals surface area contributed by atoms with Gasteiger partial charge >= 0.3 is 0 Å². The number of piperidine rings is 1. The molecule has 0 spiro atoms. The van der Waals surface area contributed by atoms with Crippen LogP contribution >= 0.6 is 17.0 Å². The van der Waals surface area contributed by atoms with Gasteiger partial charge in [0.25, 0.3) is 0 Å². The molecule has 0 bridgehead atoms. The molecule has 0 saturated carbocycles. The van der Waals surface area contributed by atoms with E-state index in [1.165, 1.54) is 0 Å². The average molecular weight is 544 g/mol. The van der Waals surface area contributed by atoms with Crippen molar-refractivity contribution in [2.24, 2.45) is 0 Å². The fourth-order valence-corrected chi connectivity index (χ4v) is 4.67. The van der Waals surface area contributed by atoms with Gasteiger partial charge in [-0.3, -0.25) is 15.0 Å². The molecular weight excluding hydrogens is 508 g/mol. The lowest BCUT2D eigenvalue weighted by molar-refractivity contribution is -0.133. The molecule has 2 N–H and O–H groups in total. The van der Waals surface area contributed by atoms with Crippen molar-refractivity contribution in [3.05, 3.63) is 57.9 Å². The van der Waals surface area contributed by atoms with Crippen molar-refractivity contribution in [3.8, 4) is 5.75 Å². The van der Waals surface area contributed by atoms with Crippen LogP contribution in [0.5, 0.6) is 5.75 Å². The molecule has 8 heteroatoms. The summed E-state index contributed by atoms with van der Waals surface area (Å²) in [5, 5.41) is 19.6. The van der Waals surface area contributed by atoms with Gasteiger partial charge in [0.2, 0.25) is 5.91 Å². The van der Waals surface area contributed by atoms with E-state index in [9.17, 15) is 14.7 Å². The predicted molar refractivity (Wildman–Crippen MR) is 142 cm³/mol. The number of amides is 1. The maximum atomic E-state index is 13.4. The molecule has 2 aliphatic rings. The maximum absolute atomic E-state index is 13.4. The second kappa shape index (κ2) is 10.5. The first-order chi connectivity index (χ1) is 16.1. The summed E-state index contributed by atoms with van der Waals surface area (Å²) in [5.41, 5.74) is 3.94. The summed E-state index contributed by atoms with van der Waals surface area (Å²) in [6.45, 7) is 9.52. The highest BCUT2D eigenvalue weighted by Crippen LogP contribution is 2.36. The molecule has 35 heavy (non-hydrogen) atoms. The lowest BCUT2D eigenvalue weighted by Gasteiger charge is -2.29. The number of rotatable bonds is 6. The first-order valence-electron chi connectivity index (χ1n) is 12.1. The number of carbonyl (C=O) groups is 2. The van der Waals surface area contributed by atoms with Crippen molar-refractivity contribution in [3.63, 3.8) is 0 Å². The monoisotopic (exact) mass is 542 g/mol. The number of halogens is 1. The van der Waals surface area contributed by atoms with Crippen molar-refractivity contribution in [2.75, 3.05) is 13.1 Å². The Balaban J connectivity index is 0.00000342. The molecule has 7 nitrogen and oxygen atoms in total. The van der Waals surface area contributed by atoms with Gasteiger partial charge in [-0.25, -0.2) is 4.98 Å². The zero-order valence-corrected chi connectivity index (χ0v) is 22.7. The zero-order chi connectivity index (χ0) is 24.6. The second-order valence-corrected chi connectivity index (χ2v) is 10.3. The van der Waals surface area contributed by atoms with Crippen molar-refractivity contribution < 1.29 is 14.7 Å². The van der Waals surface area contributed by atoms with Gasteiger partial charge in [-0.05, 0) is 42.9 Å². The summed E-state index contributed by atoms with van der Waals surface area (Å²) in [6.07, 6.45) is 3.16. The Morgan fingerprint density at radius 1 is 1.17 bits per heavy atom. The van der Waals surface area contributed by atoms with Gasteiger partial charge in [0.05, 0.1) is 6.54 Å². The van der Waals surface area contributed by atoms with Gasteiger partial charge in [0, 0.05) is 54.0 Å². The molecule has 0 atom stereocenters. The predicted octanol–water partition coefficient (Wildman–Crippen LogP) is 4.76. The number of likely N-dealkylation sites (tertiary alicyclic amines) is 1. The van der Waals surface area contributed by atoms with Crippen molar-refractivity contribution in [2.45, 2.75) is 71.9 Å². The number of Topliss-reactive ketones (excluding diaryl/α,β-unsaturated/α-hetero) is 1. The summed E-state index contributed by atoms with van der Waals surface area (Å²) in [6, 6.07) is 7.45. The fraction of sp³-hybridized carbons (Fsp3) is 0.481. The number of phenols is 1. The normalized spacial score (nSPS) is 15.8. The Bertz CT molecular complexity index is 1160. The van der Waals surface area contributed by atoms with E-state index < -0.39 is 0 Å². The summed E-state index contributed by atoms with van der Waals surface area (Å²) in [4.78, 5) is 33.9. The third-order valence-electron chi connectivity index (χ3n) is 6.74.